The molecular weight excluding hydrogens is 1330 g/mol. The van der Waals surface area contributed by atoms with Gasteiger partial charge >= 0.3 is 0 Å². The highest BCUT2D eigenvalue weighted by atomic mass is 16.3. The number of anilines is 3. The van der Waals surface area contributed by atoms with E-state index in [9.17, 15) is 0 Å². The van der Waals surface area contributed by atoms with E-state index in [0.717, 1.165) is 50.2 Å². The van der Waals surface area contributed by atoms with E-state index >= 15 is 0 Å². The molecule has 5 aliphatic carbocycles. The quantitative estimate of drug-likeness (QED) is 0.0802. The zero-order chi connectivity index (χ0) is 75.1. The SMILES string of the molecule is CCCCCCCC1(CCCCCCC)c2ccccc2-c2ccc(-c3ccc4c(c3)C(C)(C)c3cc(-c5ccc(-c6cc7c(c8c6oc6ccccc68)-c6ccc(N(c8ccc9c(c8)C(C)(C)c8c%10c(c%11c(oc%12ccccc%12%11)c8-9)-c8ccccc8C%10(C)C)c8c(C)cccc8C)cc6C7(C)C)cc5)ccc3-4)cc21. The maximum absolute atomic E-state index is 7.15. The summed E-state index contributed by atoms with van der Waals surface area (Å²) in [4.78, 5) is 2.56. The highest BCUT2D eigenvalue weighted by Crippen LogP contribution is 2.65. The third-order valence-corrected chi connectivity index (χ3v) is 27.6. The van der Waals surface area contributed by atoms with Crippen molar-refractivity contribution in [3.8, 4) is 89.0 Å². The van der Waals surface area contributed by atoms with Crippen LogP contribution in [0.15, 0.2) is 245 Å². The third kappa shape index (κ3) is 9.86. The van der Waals surface area contributed by atoms with Gasteiger partial charge in [-0.05, 0) is 232 Å². The zero-order valence-electron chi connectivity index (χ0n) is 66.3. The number of aryl methyl sites for hydroxylation is 2. The topological polar surface area (TPSA) is 29.5 Å². The summed E-state index contributed by atoms with van der Waals surface area (Å²) in [5.74, 6) is 0. The van der Waals surface area contributed by atoms with Crippen LogP contribution in [0.5, 0.6) is 0 Å². The van der Waals surface area contributed by atoms with Gasteiger partial charge in [-0.2, -0.15) is 0 Å². The molecule has 0 unspecified atom stereocenters. The Balaban J connectivity index is 0.640. The molecule has 15 aromatic rings. The van der Waals surface area contributed by atoms with Gasteiger partial charge in [-0.25, -0.2) is 0 Å². The van der Waals surface area contributed by atoms with Gasteiger partial charge in [0.25, 0.3) is 0 Å². The normalized spacial score (nSPS) is 15.5. The molecule has 0 fully saturated rings. The summed E-state index contributed by atoms with van der Waals surface area (Å²) in [6.45, 7) is 28.8. The molecule has 2 aromatic heterocycles. The monoisotopic (exact) mass is 1430 g/mol. The van der Waals surface area contributed by atoms with Gasteiger partial charge < -0.3 is 13.7 Å². The minimum absolute atomic E-state index is 0.0449. The van der Waals surface area contributed by atoms with Gasteiger partial charge in [0.15, 0.2) is 0 Å². The van der Waals surface area contributed by atoms with Gasteiger partial charge in [-0.1, -0.05) is 309 Å². The highest BCUT2D eigenvalue weighted by Gasteiger charge is 2.50. The van der Waals surface area contributed by atoms with E-state index in [1.807, 2.05) is 0 Å². The van der Waals surface area contributed by atoms with E-state index in [-0.39, 0.29) is 27.1 Å². The molecule has 0 saturated heterocycles. The van der Waals surface area contributed by atoms with E-state index in [2.05, 4.69) is 325 Å². The van der Waals surface area contributed by atoms with Gasteiger partial charge in [0.2, 0.25) is 0 Å². The summed E-state index contributed by atoms with van der Waals surface area (Å²) in [6.07, 6.45) is 15.5. The predicted molar refractivity (Wildman–Crippen MR) is 465 cm³/mol. The molecule has 0 spiro atoms. The Morgan fingerprint density at radius 2 is 0.709 bits per heavy atom. The molecule has 5 aliphatic rings. The van der Waals surface area contributed by atoms with Crippen molar-refractivity contribution in [1.29, 1.82) is 0 Å². The minimum atomic E-state index is -0.381. The van der Waals surface area contributed by atoms with Crippen molar-refractivity contribution in [2.75, 3.05) is 4.90 Å². The molecule has 0 aliphatic heterocycles. The molecule has 0 amide bonds. The lowest BCUT2D eigenvalue weighted by molar-refractivity contribution is 0.399. The van der Waals surface area contributed by atoms with Crippen molar-refractivity contribution in [2.24, 2.45) is 0 Å². The second-order valence-corrected chi connectivity index (χ2v) is 35.3. The standard InChI is InChI=1S/C107H99NO2/c1-13-15-17-19-29-56-107(57-30-20-18-16-14-2)84-39-26-21-34-73(84)76-53-48-70(60-89(76)107)69-47-52-75-74-51-46-68(58-85(74)103(5,6)86(75)59-69)66-42-44-67(45-43-66)82-63-90-93(95-80-36-23-27-40-91(80)109-101(82)95)78-54-49-71(61-87(78)104(90,7)8)108(100-64(3)32-31-33-65(100)4)72-50-55-79-88(62-72)106(11,12)99-97(79)102-96(81-37-24-28-41-92(81)110-102)94-77-35-22-25-38-83(77)105(9,10)98(94)99/h21-28,31-55,58-63H,13-20,29-30,56-57H2,1-12H3. The molecule has 20 rings (SSSR count). The molecule has 544 valence electrons. The first kappa shape index (κ1) is 68.5. The first-order chi connectivity index (χ1) is 53.3. The summed E-state index contributed by atoms with van der Waals surface area (Å²) < 4.78 is 14.3. The second kappa shape index (κ2) is 25.1. The van der Waals surface area contributed by atoms with Gasteiger partial charge in [-0.3, -0.25) is 0 Å². The number of furan rings is 2. The predicted octanol–water partition coefficient (Wildman–Crippen LogP) is 30.8. The van der Waals surface area contributed by atoms with Crippen LogP contribution in [0.4, 0.5) is 17.1 Å². The first-order valence-electron chi connectivity index (χ1n) is 41.3. The number of hydrogen-bond acceptors (Lipinski definition) is 3. The average Bonchev–Trinajstić information content (AvgIpc) is 1.50. The Morgan fingerprint density at radius 1 is 0.291 bits per heavy atom. The Hall–Kier alpha value is -10.7. The summed E-state index contributed by atoms with van der Waals surface area (Å²) in [7, 11) is 0. The molecule has 3 heteroatoms. The fourth-order valence-electron chi connectivity index (χ4n) is 22.0. The van der Waals surface area contributed by atoms with Crippen LogP contribution in [0.2, 0.25) is 0 Å². The average molecular weight is 1430 g/mol. The fraction of sp³-hybridized carbons (Fsp3) is 0.271. The van der Waals surface area contributed by atoms with E-state index in [4.69, 9.17) is 8.83 Å². The maximum Gasteiger partial charge on any atom is 0.144 e. The summed E-state index contributed by atoms with van der Waals surface area (Å²) in [5, 5.41) is 4.72. The number of rotatable bonds is 18. The molecule has 0 radical (unpaired) electrons. The Bertz CT molecular complexity index is 6310. The Morgan fingerprint density at radius 3 is 1.32 bits per heavy atom. The van der Waals surface area contributed by atoms with E-state index in [1.165, 1.54) is 232 Å². The van der Waals surface area contributed by atoms with E-state index in [0.29, 0.717) is 0 Å². The molecule has 0 bridgehead atoms. The molecule has 0 N–H and O–H groups in total. The van der Waals surface area contributed by atoms with Crippen molar-refractivity contribution in [3.05, 3.63) is 303 Å². The van der Waals surface area contributed by atoms with Crippen LogP contribution >= 0.6 is 0 Å². The summed E-state index contributed by atoms with van der Waals surface area (Å²) in [6, 6.07) is 91.2. The Labute approximate surface area is 650 Å². The van der Waals surface area contributed by atoms with Crippen LogP contribution in [0, 0.1) is 13.8 Å². The van der Waals surface area contributed by atoms with Crippen molar-refractivity contribution in [1.82, 2.24) is 0 Å². The largest absolute Gasteiger partial charge is 0.455 e. The van der Waals surface area contributed by atoms with Crippen LogP contribution in [0.3, 0.4) is 0 Å². The van der Waals surface area contributed by atoms with Crippen molar-refractivity contribution in [3.63, 3.8) is 0 Å². The number of para-hydroxylation sites is 3. The third-order valence-electron chi connectivity index (χ3n) is 27.6. The van der Waals surface area contributed by atoms with Crippen molar-refractivity contribution in [2.45, 2.75) is 187 Å². The van der Waals surface area contributed by atoms with Gasteiger partial charge in [-0.15, -0.1) is 0 Å². The van der Waals surface area contributed by atoms with E-state index in [1.54, 1.807) is 11.1 Å². The number of fused-ring (bicyclic) bond motifs is 25. The number of benzene rings is 13. The molecule has 13 aromatic carbocycles. The molecule has 0 atom stereocenters. The number of nitrogens with zero attached hydrogens (tertiary/aromatic N) is 1. The molecule has 0 saturated carbocycles. The molecular formula is C107H99NO2. The second-order valence-electron chi connectivity index (χ2n) is 35.3. The van der Waals surface area contributed by atoms with Gasteiger partial charge in [0, 0.05) is 71.1 Å². The lowest BCUT2D eigenvalue weighted by Gasteiger charge is -2.33. The molecule has 2 heterocycles. The van der Waals surface area contributed by atoms with Crippen LogP contribution in [0.25, 0.3) is 133 Å². The van der Waals surface area contributed by atoms with Gasteiger partial charge in [0.05, 0.1) is 5.69 Å². The first-order valence-corrected chi connectivity index (χ1v) is 41.3. The lowest BCUT2D eigenvalue weighted by atomic mass is 9.70. The molecule has 3 nitrogen and oxygen atoms in total. The van der Waals surface area contributed by atoms with Crippen molar-refractivity contribution >= 4 is 60.9 Å². The minimum Gasteiger partial charge on any atom is -0.455 e. The van der Waals surface area contributed by atoms with E-state index < -0.39 is 0 Å². The van der Waals surface area contributed by atoms with Crippen LogP contribution in [0.1, 0.15) is 213 Å². The Kier molecular flexibility index (Phi) is 15.7. The summed E-state index contributed by atoms with van der Waals surface area (Å²) >= 11 is 0. The fourth-order valence-corrected chi connectivity index (χ4v) is 22.0. The molecule has 110 heavy (non-hydrogen) atoms. The number of unbranched alkanes of at least 4 members (excludes halogenated alkanes) is 8. The zero-order valence-corrected chi connectivity index (χ0v) is 66.3. The summed E-state index contributed by atoms with van der Waals surface area (Å²) in [5.41, 5.74) is 43.2. The maximum atomic E-state index is 7.15. The van der Waals surface area contributed by atoms with Crippen LogP contribution < -0.4 is 4.90 Å². The van der Waals surface area contributed by atoms with Crippen molar-refractivity contribution < 1.29 is 8.83 Å². The van der Waals surface area contributed by atoms with Crippen LogP contribution in [-0.2, 0) is 27.1 Å². The van der Waals surface area contributed by atoms with Gasteiger partial charge in [0.1, 0.15) is 22.3 Å². The highest BCUT2D eigenvalue weighted by molar-refractivity contribution is 6.22. The lowest BCUT2D eigenvalue weighted by Crippen LogP contribution is -2.25. The smallest absolute Gasteiger partial charge is 0.144 e. The number of hydrogen-bond donors (Lipinski definition) is 0. The van der Waals surface area contributed by atoms with Crippen LogP contribution in [-0.4, -0.2) is 0 Å².